The van der Waals surface area contributed by atoms with Gasteiger partial charge in [-0.05, 0) is 43.4 Å². The Morgan fingerprint density at radius 2 is 2.00 bits per heavy atom. The number of carbonyl (C=O) groups is 2. The lowest BCUT2D eigenvalue weighted by Crippen LogP contribution is -2.37. The fraction of sp³-hybridized carbons (Fsp3) is 0.875. The van der Waals surface area contributed by atoms with E-state index in [1.165, 1.54) is 6.42 Å². The molecule has 0 N–H and O–H groups in total. The molecule has 0 aromatic carbocycles. The van der Waals surface area contributed by atoms with Gasteiger partial charge in [0.15, 0.2) is 0 Å². The van der Waals surface area contributed by atoms with Gasteiger partial charge in [-0.3, -0.25) is 9.59 Å². The van der Waals surface area contributed by atoms with Crippen LogP contribution in [0.25, 0.3) is 0 Å². The summed E-state index contributed by atoms with van der Waals surface area (Å²) >= 11 is 0. The Balaban J connectivity index is 1.98. The average molecular weight is 266 g/mol. The first-order chi connectivity index (χ1) is 8.99. The van der Waals surface area contributed by atoms with E-state index < -0.39 is 5.92 Å². The fourth-order valence-corrected chi connectivity index (χ4v) is 3.55. The molecule has 3 nitrogen and oxygen atoms in total. The normalized spacial score (nSPS) is 35.7. The van der Waals surface area contributed by atoms with Gasteiger partial charge in [-0.25, -0.2) is 0 Å². The van der Waals surface area contributed by atoms with Crippen molar-refractivity contribution >= 4 is 11.8 Å². The van der Waals surface area contributed by atoms with Crippen LogP contribution in [0.15, 0.2) is 0 Å². The number of Topliss-reactive ketones (excluding diaryl/α,β-unsaturated/α-hetero) is 1. The maximum absolute atomic E-state index is 12.2. The number of hydrogen-bond donors (Lipinski definition) is 0. The molecule has 0 heterocycles. The molecule has 0 aliphatic heterocycles. The van der Waals surface area contributed by atoms with Crippen molar-refractivity contribution in [3.05, 3.63) is 0 Å². The van der Waals surface area contributed by atoms with Crippen LogP contribution in [0.4, 0.5) is 0 Å². The largest absolute Gasteiger partial charge is 0.462 e. The molecule has 4 atom stereocenters. The molecule has 0 radical (unpaired) electrons. The molecule has 2 rings (SSSR count). The van der Waals surface area contributed by atoms with Gasteiger partial charge in [0, 0.05) is 6.42 Å². The van der Waals surface area contributed by atoms with Crippen LogP contribution in [-0.2, 0) is 14.3 Å². The SMILES string of the molecule is CC(C)[C@@H]1CC[C@@H](C)C[C@H]1OC(=O)[C@H]1CCCC1=O. The molecular formula is C16H26O3. The van der Waals surface area contributed by atoms with E-state index in [9.17, 15) is 9.59 Å². The molecule has 0 saturated heterocycles. The number of esters is 1. The highest BCUT2D eigenvalue weighted by Crippen LogP contribution is 2.36. The Labute approximate surface area is 116 Å². The van der Waals surface area contributed by atoms with Crippen LogP contribution in [0.2, 0.25) is 0 Å². The Morgan fingerprint density at radius 3 is 2.58 bits per heavy atom. The third-order valence-corrected chi connectivity index (χ3v) is 4.82. The summed E-state index contributed by atoms with van der Waals surface area (Å²) in [5, 5.41) is 0. The van der Waals surface area contributed by atoms with Gasteiger partial charge < -0.3 is 4.74 Å². The molecule has 0 amide bonds. The molecular weight excluding hydrogens is 240 g/mol. The molecule has 3 heteroatoms. The molecule has 108 valence electrons. The monoisotopic (exact) mass is 266 g/mol. The highest BCUT2D eigenvalue weighted by atomic mass is 16.5. The minimum atomic E-state index is -0.468. The summed E-state index contributed by atoms with van der Waals surface area (Å²) in [6.45, 7) is 6.61. The quantitative estimate of drug-likeness (QED) is 0.581. The minimum Gasteiger partial charge on any atom is -0.462 e. The minimum absolute atomic E-state index is 0.0182. The second-order valence-electron chi connectivity index (χ2n) is 6.71. The zero-order valence-electron chi connectivity index (χ0n) is 12.4. The summed E-state index contributed by atoms with van der Waals surface area (Å²) in [4.78, 5) is 23.8. The molecule has 2 saturated carbocycles. The third kappa shape index (κ3) is 3.37. The van der Waals surface area contributed by atoms with Gasteiger partial charge in [-0.2, -0.15) is 0 Å². The van der Waals surface area contributed by atoms with Crippen LogP contribution >= 0.6 is 0 Å². The molecule has 2 aliphatic carbocycles. The van der Waals surface area contributed by atoms with Crippen molar-refractivity contribution in [1.82, 2.24) is 0 Å². The first-order valence-corrected chi connectivity index (χ1v) is 7.72. The molecule has 0 aromatic heterocycles. The van der Waals surface area contributed by atoms with E-state index in [0.717, 1.165) is 19.3 Å². The summed E-state index contributed by atoms with van der Waals surface area (Å²) < 4.78 is 5.73. The summed E-state index contributed by atoms with van der Waals surface area (Å²) in [6.07, 6.45) is 5.41. The Morgan fingerprint density at radius 1 is 1.26 bits per heavy atom. The topological polar surface area (TPSA) is 43.4 Å². The number of hydrogen-bond acceptors (Lipinski definition) is 3. The van der Waals surface area contributed by atoms with Crippen LogP contribution < -0.4 is 0 Å². The van der Waals surface area contributed by atoms with E-state index in [1.807, 2.05) is 0 Å². The number of carbonyl (C=O) groups excluding carboxylic acids is 2. The van der Waals surface area contributed by atoms with Gasteiger partial charge in [-0.1, -0.05) is 27.2 Å². The fourth-order valence-electron chi connectivity index (χ4n) is 3.55. The second-order valence-corrected chi connectivity index (χ2v) is 6.71. The lowest BCUT2D eigenvalue weighted by molar-refractivity contribution is -0.162. The Kier molecular flexibility index (Phi) is 4.64. The van der Waals surface area contributed by atoms with E-state index in [2.05, 4.69) is 20.8 Å². The maximum atomic E-state index is 12.2. The smallest absolute Gasteiger partial charge is 0.316 e. The van der Waals surface area contributed by atoms with Gasteiger partial charge in [-0.15, -0.1) is 0 Å². The average Bonchev–Trinajstić information content (AvgIpc) is 2.75. The summed E-state index contributed by atoms with van der Waals surface area (Å²) in [5.41, 5.74) is 0. The number of ketones is 1. The van der Waals surface area contributed by atoms with Crippen LogP contribution in [0.5, 0.6) is 0 Å². The van der Waals surface area contributed by atoms with Gasteiger partial charge in [0.1, 0.15) is 17.8 Å². The predicted octanol–water partition coefficient (Wildman–Crippen LogP) is 3.36. The maximum Gasteiger partial charge on any atom is 0.316 e. The highest BCUT2D eigenvalue weighted by molar-refractivity contribution is 6.00. The zero-order valence-corrected chi connectivity index (χ0v) is 12.4. The molecule has 2 fully saturated rings. The van der Waals surface area contributed by atoms with E-state index in [1.54, 1.807) is 0 Å². The van der Waals surface area contributed by atoms with Crippen LogP contribution in [0, 0.1) is 23.7 Å². The van der Waals surface area contributed by atoms with Crippen molar-refractivity contribution in [3.8, 4) is 0 Å². The predicted molar refractivity (Wildman–Crippen MR) is 73.6 cm³/mol. The highest BCUT2D eigenvalue weighted by Gasteiger charge is 2.38. The lowest BCUT2D eigenvalue weighted by atomic mass is 9.75. The van der Waals surface area contributed by atoms with Crippen LogP contribution in [0.3, 0.4) is 0 Å². The van der Waals surface area contributed by atoms with Gasteiger partial charge in [0.25, 0.3) is 0 Å². The van der Waals surface area contributed by atoms with Crippen molar-refractivity contribution in [3.63, 3.8) is 0 Å². The van der Waals surface area contributed by atoms with E-state index in [-0.39, 0.29) is 17.9 Å². The van der Waals surface area contributed by atoms with Gasteiger partial charge >= 0.3 is 5.97 Å². The van der Waals surface area contributed by atoms with E-state index in [4.69, 9.17) is 4.74 Å². The van der Waals surface area contributed by atoms with Crippen molar-refractivity contribution in [2.45, 2.75) is 65.4 Å². The summed E-state index contributed by atoms with van der Waals surface area (Å²) in [5.74, 6) is 0.959. The van der Waals surface area contributed by atoms with Gasteiger partial charge in [0.05, 0.1) is 0 Å². The molecule has 0 spiro atoms. The first-order valence-electron chi connectivity index (χ1n) is 7.72. The van der Waals surface area contributed by atoms with Crippen LogP contribution in [-0.4, -0.2) is 17.9 Å². The van der Waals surface area contributed by atoms with Crippen molar-refractivity contribution in [2.24, 2.45) is 23.7 Å². The molecule has 19 heavy (non-hydrogen) atoms. The van der Waals surface area contributed by atoms with Gasteiger partial charge in [0.2, 0.25) is 0 Å². The zero-order chi connectivity index (χ0) is 14.0. The standard InChI is InChI=1S/C16H26O3/c1-10(2)12-8-7-11(3)9-15(12)19-16(18)13-5-4-6-14(13)17/h10-13,15H,4-9H2,1-3H3/t11-,12+,13+,15-/m1/s1. The Hall–Kier alpha value is -0.860. The molecule has 0 bridgehead atoms. The van der Waals surface area contributed by atoms with Crippen molar-refractivity contribution < 1.29 is 14.3 Å². The van der Waals surface area contributed by atoms with Crippen molar-refractivity contribution in [2.75, 3.05) is 0 Å². The molecule has 2 aliphatic rings. The van der Waals surface area contributed by atoms with Crippen LogP contribution in [0.1, 0.15) is 59.3 Å². The van der Waals surface area contributed by atoms with E-state index >= 15 is 0 Å². The summed E-state index contributed by atoms with van der Waals surface area (Å²) in [7, 11) is 0. The number of ether oxygens (including phenoxy) is 1. The number of rotatable bonds is 3. The molecule has 0 unspecified atom stereocenters. The Bertz CT molecular complexity index is 348. The van der Waals surface area contributed by atoms with E-state index in [0.29, 0.717) is 30.6 Å². The first kappa shape index (κ1) is 14.5. The lowest BCUT2D eigenvalue weighted by Gasteiger charge is -2.37. The molecule has 0 aromatic rings. The van der Waals surface area contributed by atoms with Crippen molar-refractivity contribution in [1.29, 1.82) is 0 Å². The second kappa shape index (κ2) is 6.06. The third-order valence-electron chi connectivity index (χ3n) is 4.82. The summed E-state index contributed by atoms with van der Waals surface area (Å²) in [6, 6.07) is 0.